The molecule has 0 radical (unpaired) electrons. The third-order valence-corrected chi connectivity index (χ3v) is 4.05. The lowest BCUT2D eigenvalue weighted by Crippen LogP contribution is -2.37. The predicted molar refractivity (Wildman–Crippen MR) is 74.8 cm³/mol. The molecular formula is C15H29NO2. The Morgan fingerprint density at radius 1 is 1.28 bits per heavy atom. The van der Waals surface area contributed by atoms with Gasteiger partial charge in [-0.15, -0.1) is 0 Å². The van der Waals surface area contributed by atoms with Crippen LogP contribution in [-0.4, -0.2) is 23.7 Å². The highest BCUT2D eigenvalue weighted by molar-refractivity contribution is 5.73. The van der Waals surface area contributed by atoms with E-state index in [9.17, 15) is 4.79 Å². The van der Waals surface area contributed by atoms with Crippen LogP contribution in [0, 0.1) is 5.92 Å². The van der Waals surface area contributed by atoms with Crippen LogP contribution in [0.1, 0.15) is 71.1 Å². The SMILES string of the molecule is CCCC[C@H](NCCCC1CCCCC1)C(=O)O. The highest BCUT2D eigenvalue weighted by Crippen LogP contribution is 2.26. The lowest BCUT2D eigenvalue weighted by atomic mass is 9.86. The van der Waals surface area contributed by atoms with Gasteiger partial charge in [0.05, 0.1) is 0 Å². The fourth-order valence-electron chi connectivity index (χ4n) is 2.86. The van der Waals surface area contributed by atoms with Gasteiger partial charge < -0.3 is 10.4 Å². The molecule has 0 amide bonds. The number of carbonyl (C=O) groups is 1. The van der Waals surface area contributed by atoms with Crippen molar-refractivity contribution in [3.05, 3.63) is 0 Å². The number of hydrogen-bond acceptors (Lipinski definition) is 2. The fraction of sp³-hybridized carbons (Fsp3) is 0.933. The van der Waals surface area contributed by atoms with Crippen LogP contribution >= 0.6 is 0 Å². The third kappa shape index (κ3) is 6.39. The quantitative estimate of drug-likeness (QED) is 0.619. The Morgan fingerprint density at radius 2 is 2.00 bits per heavy atom. The van der Waals surface area contributed by atoms with Crippen molar-refractivity contribution in [3.63, 3.8) is 0 Å². The molecule has 1 saturated carbocycles. The molecule has 0 heterocycles. The summed E-state index contributed by atoms with van der Waals surface area (Å²) < 4.78 is 0. The average molecular weight is 255 g/mol. The summed E-state index contributed by atoms with van der Waals surface area (Å²) in [6.45, 7) is 2.96. The van der Waals surface area contributed by atoms with Gasteiger partial charge in [0.2, 0.25) is 0 Å². The van der Waals surface area contributed by atoms with E-state index in [-0.39, 0.29) is 6.04 Å². The smallest absolute Gasteiger partial charge is 0.320 e. The van der Waals surface area contributed by atoms with Crippen LogP contribution in [0.2, 0.25) is 0 Å². The largest absolute Gasteiger partial charge is 0.480 e. The number of aliphatic carboxylic acids is 1. The Morgan fingerprint density at radius 3 is 2.61 bits per heavy atom. The van der Waals surface area contributed by atoms with Crippen molar-refractivity contribution in [2.24, 2.45) is 5.92 Å². The molecule has 0 aromatic rings. The zero-order valence-corrected chi connectivity index (χ0v) is 11.8. The molecule has 0 aromatic heterocycles. The molecule has 1 fully saturated rings. The Labute approximate surface area is 111 Å². The van der Waals surface area contributed by atoms with Gasteiger partial charge in [0.25, 0.3) is 0 Å². The summed E-state index contributed by atoms with van der Waals surface area (Å²) in [7, 11) is 0. The Balaban J connectivity index is 2.08. The molecule has 0 aliphatic heterocycles. The molecule has 1 aliphatic rings. The van der Waals surface area contributed by atoms with E-state index in [0.717, 1.165) is 38.1 Å². The summed E-state index contributed by atoms with van der Waals surface area (Å²) in [6, 6.07) is -0.337. The predicted octanol–water partition coefficient (Wildman–Crippen LogP) is 3.58. The van der Waals surface area contributed by atoms with Gasteiger partial charge in [0, 0.05) is 0 Å². The first-order valence-electron chi connectivity index (χ1n) is 7.70. The number of hydrogen-bond donors (Lipinski definition) is 2. The first-order valence-corrected chi connectivity index (χ1v) is 7.70. The standard InChI is InChI=1S/C15H29NO2/c1-2-3-11-14(15(17)18)16-12-7-10-13-8-5-4-6-9-13/h13-14,16H,2-12H2,1H3,(H,17,18)/t14-/m0/s1. The van der Waals surface area contributed by atoms with E-state index in [1.807, 2.05) is 0 Å². The third-order valence-electron chi connectivity index (χ3n) is 4.05. The van der Waals surface area contributed by atoms with Gasteiger partial charge >= 0.3 is 5.97 Å². The molecule has 0 aromatic carbocycles. The van der Waals surface area contributed by atoms with E-state index in [4.69, 9.17) is 5.11 Å². The van der Waals surface area contributed by atoms with Crippen LogP contribution in [0.4, 0.5) is 0 Å². The van der Waals surface area contributed by atoms with Crippen molar-refractivity contribution in [1.82, 2.24) is 5.32 Å². The maximum atomic E-state index is 11.0. The van der Waals surface area contributed by atoms with E-state index in [1.165, 1.54) is 38.5 Å². The van der Waals surface area contributed by atoms with Crippen molar-refractivity contribution in [3.8, 4) is 0 Å². The number of carboxylic acid groups (broad SMARTS) is 1. The molecule has 3 nitrogen and oxygen atoms in total. The van der Waals surface area contributed by atoms with Crippen molar-refractivity contribution in [1.29, 1.82) is 0 Å². The van der Waals surface area contributed by atoms with Crippen LogP contribution in [0.15, 0.2) is 0 Å². The second-order valence-electron chi connectivity index (χ2n) is 5.63. The van der Waals surface area contributed by atoms with Crippen molar-refractivity contribution < 1.29 is 9.90 Å². The van der Waals surface area contributed by atoms with Crippen LogP contribution in [-0.2, 0) is 4.79 Å². The highest BCUT2D eigenvalue weighted by atomic mass is 16.4. The van der Waals surface area contributed by atoms with Crippen LogP contribution in [0.25, 0.3) is 0 Å². The van der Waals surface area contributed by atoms with E-state index in [1.54, 1.807) is 0 Å². The lowest BCUT2D eigenvalue weighted by molar-refractivity contribution is -0.139. The van der Waals surface area contributed by atoms with Crippen molar-refractivity contribution in [2.75, 3.05) is 6.54 Å². The number of carboxylic acids is 1. The van der Waals surface area contributed by atoms with E-state index in [0.29, 0.717) is 0 Å². The summed E-state index contributed by atoms with van der Waals surface area (Å²) >= 11 is 0. The lowest BCUT2D eigenvalue weighted by Gasteiger charge is -2.21. The Bertz CT molecular complexity index is 225. The summed E-state index contributed by atoms with van der Waals surface area (Å²) in [5, 5.41) is 12.3. The molecular weight excluding hydrogens is 226 g/mol. The van der Waals surface area contributed by atoms with Crippen molar-refractivity contribution >= 4 is 5.97 Å². The minimum atomic E-state index is -0.693. The second-order valence-corrected chi connectivity index (χ2v) is 5.63. The zero-order chi connectivity index (χ0) is 13.2. The first kappa shape index (κ1) is 15.5. The number of unbranched alkanes of at least 4 members (excludes halogenated alkanes) is 1. The molecule has 0 spiro atoms. The normalized spacial score (nSPS) is 18.7. The molecule has 0 saturated heterocycles. The van der Waals surface area contributed by atoms with E-state index < -0.39 is 5.97 Å². The summed E-state index contributed by atoms with van der Waals surface area (Å²) in [6.07, 6.45) is 12.2. The molecule has 3 heteroatoms. The van der Waals surface area contributed by atoms with Crippen LogP contribution in [0.3, 0.4) is 0 Å². The minimum absolute atomic E-state index is 0.337. The minimum Gasteiger partial charge on any atom is -0.480 e. The Kier molecular flexibility index (Phi) is 8.06. The van der Waals surface area contributed by atoms with Gasteiger partial charge in [-0.25, -0.2) is 0 Å². The zero-order valence-electron chi connectivity index (χ0n) is 11.8. The number of nitrogens with one attached hydrogen (secondary N) is 1. The topological polar surface area (TPSA) is 49.3 Å². The monoisotopic (exact) mass is 255 g/mol. The summed E-state index contributed by atoms with van der Waals surface area (Å²) in [5.74, 6) is 0.209. The van der Waals surface area contributed by atoms with Gasteiger partial charge in [-0.1, -0.05) is 51.9 Å². The van der Waals surface area contributed by atoms with Gasteiger partial charge in [-0.2, -0.15) is 0 Å². The molecule has 2 N–H and O–H groups in total. The Hall–Kier alpha value is -0.570. The molecule has 18 heavy (non-hydrogen) atoms. The maximum Gasteiger partial charge on any atom is 0.320 e. The summed E-state index contributed by atoms with van der Waals surface area (Å²) in [4.78, 5) is 11.0. The van der Waals surface area contributed by atoms with Gasteiger partial charge in [0.15, 0.2) is 0 Å². The summed E-state index contributed by atoms with van der Waals surface area (Å²) in [5.41, 5.74) is 0. The fourth-order valence-corrected chi connectivity index (χ4v) is 2.86. The highest BCUT2D eigenvalue weighted by Gasteiger charge is 2.16. The average Bonchev–Trinajstić information content (AvgIpc) is 2.38. The van der Waals surface area contributed by atoms with Crippen LogP contribution in [0.5, 0.6) is 0 Å². The van der Waals surface area contributed by atoms with Gasteiger partial charge in [-0.3, -0.25) is 4.79 Å². The van der Waals surface area contributed by atoms with Gasteiger partial charge in [0.1, 0.15) is 6.04 Å². The molecule has 1 atom stereocenters. The maximum absolute atomic E-state index is 11.0. The van der Waals surface area contributed by atoms with Gasteiger partial charge in [-0.05, 0) is 31.7 Å². The van der Waals surface area contributed by atoms with Crippen molar-refractivity contribution in [2.45, 2.75) is 77.2 Å². The van der Waals surface area contributed by atoms with E-state index >= 15 is 0 Å². The molecule has 1 rings (SSSR count). The van der Waals surface area contributed by atoms with E-state index in [2.05, 4.69) is 12.2 Å². The molecule has 0 bridgehead atoms. The number of rotatable bonds is 9. The second kappa shape index (κ2) is 9.37. The molecule has 106 valence electrons. The molecule has 0 unspecified atom stereocenters. The first-order chi connectivity index (χ1) is 8.74. The van der Waals surface area contributed by atoms with Crippen LogP contribution < -0.4 is 5.32 Å². The molecule has 1 aliphatic carbocycles.